The second-order valence-corrected chi connectivity index (χ2v) is 4.99. The smallest absolute Gasteiger partial charge is 0.250 e. The third-order valence-electron chi connectivity index (χ3n) is 3.45. The van der Waals surface area contributed by atoms with Crippen LogP contribution in [0.5, 0.6) is 0 Å². The van der Waals surface area contributed by atoms with Crippen LogP contribution in [0.1, 0.15) is 61.5 Å². The van der Waals surface area contributed by atoms with E-state index in [-0.39, 0.29) is 0 Å². The number of fused-ring (bicyclic) bond motifs is 1. The van der Waals surface area contributed by atoms with Crippen molar-refractivity contribution in [3.63, 3.8) is 0 Å². The first kappa shape index (κ1) is 13.6. The quantitative estimate of drug-likeness (QED) is 0.866. The van der Waals surface area contributed by atoms with E-state index in [9.17, 15) is 4.79 Å². The molecular weight excluding hydrogens is 238 g/mol. The summed E-state index contributed by atoms with van der Waals surface area (Å²) < 4.78 is 1.90. The first-order valence-electron chi connectivity index (χ1n) is 6.94. The van der Waals surface area contributed by atoms with E-state index >= 15 is 0 Å². The number of nitrogens with two attached hydrogens (primary N) is 1. The van der Waals surface area contributed by atoms with E-state index in [0.717, 1.165) is 37.0 Å². The molecule has 0 saturated heterocycles. The zero-order valence-corrected chi connectivity index (χ0v) is 11.6. The number of primary amides is 1. The van der Waals surface area contributed by atoms with E-state index in [0.29, 0.717) is 11.5 Å². The van der Waals surface area contributed by atoms with Gasteiger partial charge in [0.25, 0.3) is 0 Å². The SMILES string of the molecule is CCCC(CCC)c1cn2cc(C(N)=O)ccc2n1. The Kier molecular flexibility index (Phi) is 4.20. The highest BCUT2D eigenvalue weighted by Gasteiger charge is 2.14. The molecule has 0 saturated carbocycles. The predicted molar refractivity (Wildman–Crippen MR) is 76.3 cm³/mol. The van der Waals surface area contributed by atoms with Crippen LogP contribution in [0.3, 0.4) is 0 Å². The van der Waals surface area contributed by atoms with Crippen LogP contribution in [0, 0.1) is 0 Å². The fourth-order valence-electron chi connectivity index (χ4n) is 2.49. The number of hydrogen-bond donors (Lipinski definition) is 1. The first-order valence-corrected chi connectivity index (χ1v) is 6.94. The summed E-state index contributed by atoms with van der Waals surface area (Å²) in [4.78, 5) is 15.8. The molecule has 2 aromatic rings. The monoisotopic (exact) mass is 259 g/mol. The fraction of sp³-hybridized carbons (Fsp3) is 0.467. The number of hydrogen-bond acceptors (Lipinski definition) is 2. The van der Waals surface area contributed by atoms with Gasteiger partial charge in [-0.1, -0.05) is 26.7 Å². The highest BCUT2D eigenvalue weighted by Crippen LogP contribution is 2.25. The summed E-state index contributed by atoms with van der Waals surface area (Å²) in [6.45, 7) is 4.40. The molecule has 2 rings (SSSR count). The van der Waals surface area contributed by atoms with Crippen LogP contribution in [0.15, 0.2) is 24.5 Å². The van der Waals surface area contributed by atoms with E-state index in [1.165, 1.54) is 0 Å². The molecule has 102 valence electrons. The van der Waals surface area contributed by atoms with Crippen molar-refractivity contribution >= 4 is 11.6 Å². The Balaban J connectivity index is 2.36. The second-order valence-electron chi connectivity index (χ2n) is 4.99. The van der Waals surface area contributed by atoms with E-state index in [1.54, 1.807) is 12.3 Å². The number of imidazole rings is 1. The van der Waals surface area contributed by atoms with Gasteiger partial charge in [-0.3, -0.25) is 4.79 Å². The lowest BCUT2D eigenvalue weighted by atomic mass is 9.95. The zero-order valence-electron chi connectivity index (χ0n) is 11.6. The van der Waals surface area contributed by atoms with Gasteiger partial charge in [-0.2, -0.15) is 0 Å². The van der Waals surface area contributed by atoms with E-state index in [4.69, 9.17) is 5.73 Å². The Bertz CT molecular complexity index is 568. The van der Waals surface area contributed by atoms with Gasteiger partial charge in [0.2, 0.25) is 5.91 Å². The fourth-order valence-corrected chi connectivity index (χ4v) is 2.49. The lowest BCUT2D eigenvalue weighted by Crippen LogP contribution is -2.11. The molecule has 4 heteroatoms. The lowest BCUT2D eigenvalue weighted by molar-refractivity contribution is 0.1000. The summed E-state index contributed by atoms with van der Waals surface area (Å²) in [5.41, 5.74) is 7.80. The molecule has 0 atom stereocenters. The van der Waals surface area contributed by atoms with Gasteiger partial charge < -0.3 is 10.1 Å². The minimum Gasteiger partial charge on any atom is -0.366 e. The first-order chi connectivity index (χ1) is 9.15. The van der Waals surface area contributed by atoms with Gasteiger partial charge in [-0.05, 0) is 25.0 Å². The summed E-state index contributed by atoms with van der Waals surface area (Å²) in [5.74, 6) is 0.0998. The van der Waals surface area contributed by atoms with E-state index in [2.05, 4.69) is 18.8 Å². The van der Waals surface area contributed by atoms with Gasteiger partial charge >= 0.3 is 0 Å². The van der Waals surface area contributed by atoms with Gasteiger partial charge in [-0.25, -0.2) is 4.98 Å². The van der Waals surface area contributed by atoms with Crippen molar-refractivity contribution in [2.45, 2.75) is 45.4 Å². The molecule has 0 aliphatic rings. The maximum Gasteiger partial charge on any atom is 0.250 e. The largest absolute Gasteiger partial charge is 0.366 e. The number of carbonyl (C=O) groups excluding carboxylic acids is 1. The van der Waals surface area contributed by atoms with Gasteiger partial charge in [0.15, 0.2) is 0 Å². The molecule has 4 nitrogen and oxygen atoms in total. The third-order valence-corrected chi connectivity index (χ3v) is 3.45. The van der Waals surface area contributed by atoms with Crippen LogP contribution < -0.4 is 5.73 Å². The highest BCUT2D eigenvalue weighted by molar-refractivity contribution is 5.92. The van der Waals surface area contributed by atoms with Crippen LogP contribution in [-0.2, 0) is 0 Å². The summed E-state index contributed by atoms with van der Waals surface area (Å²) in [7, 11) is 0. The van der Waals surface area contributed by atoms with Crippen molar-refractivity contribution in [2.24, 2.45) is 5.73 Å². The summed E-state index contributed by atoms with van der Waals surface area (Å²) >= 11 is 0. The predicted octanol–water partition coefficient (Wildman–Crippen LogP) is 3.12. The zero-order chi connectivity index (χ0) is 13.8. The minimum atomic E-state index is -0.407. The molecule has 1 amide bonds. The summed E-state index contributed by atoms with van der Waals surface area (Å²) in [6, 6.07) is 3.57. The van der Waals surface area contributed by atoms with Gasteiger partial charge in [0.05, 0.1) is 11.3 Å². The van der Waals surface area contributed by atoms with Crippen molar-refractivity contribution in [2.75, 3.05) is 0 Å². The number of amides is 1. The molecule has 0 bridgehead atoms. The van der Waals surface area contributed by atoms with Crippen LogP contribution in [0.2, 0.25) is 0 Å². The van der Waals surface area contributed by atoms with Crippen molar-refractivity contribution in [1.29, 1.82) is 0 Å². The normalized spacial score (nSPS) is 11.3. The molecule has 2 heterocycles. The average Bonchev–Trinajstić information content (AvgIpc) is 2.80. The molecule has 0 aliphatic heterocycles. The topological polar surface area (TPSA) is 60.4 Å². The number of carbonyl (C=O) groups is 1. The summed E-state index contributed by atoms with van der Waals surface area (Å²) in [5, 5.41) is 0. The van der Waals surface area contributed by atoms with Crippen LogP contribution in [0.4, 0.5) is 0 Å². The summed E-state index contributed by atoms with van der Waals surface area (Å²) in [6.07, 6.45) is 8.40. The molecule has 0 radical (unpaired) electrons. The Labute approximate surface area is 113 Å². The average molecular weight is 259 g/mol. The number of pyridine rings is 1. The molecule has 2 aromatic heterocycles. The maximum atomic E-state index is 11.2. The van der Waals surface area contributed by atoms with Gasteiger partial charge in [0.1, 0.15) is 5.65 Å². The minimum absolute atomic E-state index is 0.407. The standard InChI is InChI=1S/C15H21N3O/c1-3-5-11(6-4-2)13-10-18-9-12(15(16)19)7-8-14(18)17-13/h7-11H,3-6H2,1-2H3,(H2,16,19). The van der Waals surface area contributed by atoms with Crippen LogP contribution in [0.25, 0.3) is 5.65 Å². The molecule has 19 heavy (non-hydrogen) atoms. The number of aromatic nitrogens is 2. The van der Waals surface area contributed by atoms with Gasteiger partial charge in [-0.15, -0.1) is 0 Å². The molecular formula is C15H21N3O. The second kappa shape index (κ2) is 5.87. The molecule has 0 fully saturated rings. The molecule has 2 N–H and O–H groups in total. The molecule has 0 aliphatic carbocycles. The highest BCUT2D eigenvalue weighted by atomic mass is 16.1. The lowest BCUT2D eigenvalue weighted by Gasteiger charge is -2.11. The Morgan fingerprint density at radius 1 is 1.26 bits per heavy atom. The molecule has 0 unspecified atom stereocenters. The van der Waals surface area contributed by atoms with Crippen molar-refractivity contribution in [3.05, 3.63) is 35.8 Å². The van der Waals surface area contributed by atoms with Gasteiger partial charge in [0, 0.05) is 18.3 Å². The van der Waals surface area contributed by atoms with Crippen molar-refractivity contribution in [1.82, 2.24) is 9.38 Å². The number of rotatable bonds is 6. The van der Waals surface area contributed by atoms with E-state index in [1.807, 2.05) is 16.7 Å². The molecule has 0 aromatic carbocycles. The maximum absolute atomic E-state index is 11.2. The molecule has 0 spiro atoms. The van der Waals surface area contributed by atoms with Crippen LogP contribution in [-0.4, -0.2) is 15.3 Å². The Morgan fingerprint density at radius 3 is 2.53 bits per heavy atom. The Hall–Kier alpha value is -1.84. The van der Waals surface area contributed by atoms with E-state index < -0.39 is 5.91 Å². The third kappa shape index (κ3) is 2.95. The Morgan fingerprint density at radius 2 is 1.95 bits per heavy atom. The van der Waals surface area contributed by atoms with Crippen molar-refractivity contribution < 1.29 is 4.79 Å². The van der Waals surface area contributed by atoms with Crippen LogP contribution >= 0.6 is 0 Å². The van der Waals surface area contributed by atoms with Crippen molar-refractivity contribution in [3.8, 4) is 0 Å². The number of nitrogens with zero attached hydrogens (tertiary/aromatic N) is 2.